The molecule has 1 rings (SSSR count). The van der Waals surface area contributed by atoms with Crippen LogP contribution in [0.1, 0.15) is 39.7 Å². The highest BCUT2D eigenvalue weighted by molar-refractivity contribution is 7.84. The van der Waals surface area contributed by atoms with Crippen LogP contribution in [-0.4, -0.2) is 8.96 Å². The van der Waals surface area contributed by atoms with Gasteiger partial charge in [0.25, 0.3) is 0 Å². The molecule has 0 radical (unpaired) electrons. The van der Waals surface area contributed by atoms with Crippen LogP contribution in [0.15, 0.2) is 43.0 Å². The summed E-state index contributed by atoms with van der Waals surface area (Å²) < 4.78 is 15.3. The van der Waals surface area contributed by atoms with E-state index in [-0.39, 0.29) is 10.3 Å². The lowest BCUT2D eigenvalue weighted by atomic mass is 9.90. The van der Waals surface area contributed by atoms with E-state index in [0.717, 1.165) is 12.0 Å². The summed E-state index contributed by atoms with van der Waals surface area (Å²) in [6, 6.07) is 10.1. The SMILES string of the molecule is C=CC[C@](C)(NS(=O)C(C)(C)C)c1ccccc1. The minimum absolute atomic E-state index is 0.281. The molecule has 0 aliphatic rings. The summed E-state index contributed by atoms with van der Waals surface area (Å²) in [7, 11) is -1.11. The van der Waals surface area contributed by atoms with Crippen LogP contribution in [0.25, 0.3) is 0 Å². The lowest BCUT2D eigenvalue weighted by Crippen LogP contribution is -2.45. The molecule has 0 aliphatic heterocycles. The Morgan fingerprint density at radius 1 is 1.22 bits per heavy atom. The van der Waals surface area contributed by atoms with Gasteiger partial charge in [0.2, 0.25) is 0 Å². The lowest BCUT2D eigenvalue weighted by molar-refractivity contribution is 0.446. The molecule has 2 nitrogen and oxygen atoms in total. The Labute approximate surface area is 113 Å². The average molecular weight is 265 g/mol. The zero-order chi connectivity index (χ0) is 13.8. The fraction of sp³-hybridized carbons (Fsp3) is 0.467. The standard InChI is InChI=1S/C15H23NOS/c1-6-12-15(5,13-10-8-7-9-11-13)16-18(17)14(2,3)4/h6-11,16H,1,12H2,2-5H3/t15-,18?/m0/s1. The maximum atomic E-state index is 12.3. The van der Waals surface area contributed by atoms with E-state index in [4.69, 9.17) is 0 Å². The van der Waals surface area contributed by atoms with Crippen molar-refractivity contribution in [1.29, 1.82) is 0 Å². The van der Waals surface area contributed by atoms with Crippen LogP contribution in [0.4, 0.5) is 0 Å². The van der Waals surface area contributed by atoms with Crippen LogP contribution in [0.3, 0.4) is 0 Å². The average Bonchev–Trinajstić information content (AvgIpc) is 2.29. The van der Waals surface area contributed by atoms with Gasteiger partial charge >= 0.3 is 0 Å². The predicted octanol–water partition coefficient (Wildman–Crippen LogP) is 3.53. The van der Waals surface area contributed by atoms with Gasteiger partial charge in [-0.2, -0.15) is 0 Å². The second kappa shape index (κ2) is 5.81. The van der Waals surface area contributed by atoms with E-state index in [0.29, 0.717) is 0 Å². The molecule has 100 valence electrons. The number of hydrogen-bond acceptors (Lipinski definition) is 1. The molecule has 0 aliphatic carbocycles. The summed E-state index contributed by atoms with van der Waals surface area (Å²) in [5.74, 6) is 0. The van der Waals surface area contributed by atoms with Crippen molar-refractivity contribution in [2.75, 3.05) is 0 Å². The van der Waals surface area contributed by atoms with Gasteiger partial charge in [-0.1, -0.05) is 36.4 Å². The molecule has 3 heteroatoms. The molecule has 0 bridgehead atoms. The van der Waals surface area contributed by atoms with Gasteiger partial charge in [0.15, 0.2) is 0 Å². The van der Waals surface area contributed by atoms with E-state index in [1.54, 1.807) is 0 Å². The highest BCUT2D eigenvalue weighted by Crippen LogP contribution is 2.27. The normalized spacial score (nSPS) is 16.9. The fourth-order valence-corrected chi connectivity index (χ4v) is 2.59. The van der Waals surface area contributed by atoms with E-state index in [1.807, 2.05) is 45.0 Å². The lowest BCUT2D eigenvalue weighted by Gasteiger charge is -2.33. The van der Waals surface area contributed by atoms with Crippen LogP contribution < -0.4 is 4.72 Å². The van der Waals surface area contributed by atoms with Gasteiger partial charge in [0.05, 0.1) is 21.3 Å². The summed E-state index contributed by atoms with van der Waals surface area (Å²) in [6.45, 7) is 11.8. The molecule has 0 fully saturated rings. The van der Waals surface area contributed by atoms with Gasteiger partial charge in [-0.3, -0.25) is 0 Å². The topological polar surface area (TPSA) is 29.1 Å². The maximum Gasteiger partial charge on any atom is 0.0978 e. The van der Waals surface area contributed by atoms with E-state index in [2.05, 4.69) is 30.4 Å². The largest absolute Gasteiger partial charge is 0.242 e. The molecular formula is C15H23NOS. The van der Waals surface area contributed by atoms with Crippen LogP contribution in [0.2, 0.25) is 0 Å². The second-order valence-electron chi connectivity index (χ2n) is 5.67. The van der Waals surface area contributed by atoms with Crippen LogP contribution >= 0.6 is 0 Å². The van der Waals surface area contributed by atoms with Crippen molar-refractivity contribution in [1.82, 2.24) is 4.72 Å². The molecule has 0 saturated heterocycles. The van der Waals surface area contributed by atoms with Crippen molar-refractivity contribution in [3.63, 3.8) is 0 Å². The number of nitrogens with one attached hydrogen (secondary N) is 1. The van der Waals surface area contributed by atoms with E-state index >= 15 is 0 Å². The fourth-order valence-electron chi connectivity index (χ4n) is 1.67. The van der Waals surface area contributed by atoms with Gasteiger partial charge in [-0.15, -0.1) is 6.58 Å². The van der Waals surface area contributed by atoms with Crippen molar-refractivity contribution in [3.8, 4) is 0 Å². The molecule has 1 aromatic carbocycles. The van der Waals surface area contributed by atoms with Crippen molar-refractivity contribution in [2.45, 2.75) is 44.4 Å². The zero-order valence-electron chi connectivity index (χ0n) is 11.7. The Bertz CT molecular complexity index is 422. The highest BCUT2D eigenvalue weighted by atomic mass is 32.2. The van der Waals surface area contributed by atoms with Crippen molar-refractivity contribution in [2.24, 2.45) is 0 Å². The molecule has 0 spiro atoms. The Hall–Kier alpha value is -0.930. The molecule has 1 aromatic rings. The number of rotatable bonds is 5. The van der Waals surface area contributed by atoms with Gasteiger partial charge < -0.3 is 0 Å². The zero-order valence-corrected chi connectivity index (χ0v) is 12.5. The van der Waals surface area contributed by atoms with Gasteiger partial charge in [0, 0.05) is 0 Å². The first-order valence-electron chi connectivity index (χ1n) is 6.16. The summed E-state index contributed by atoms with van der Waals surface area (Å²) >= 11 is 0. The maximum absolute atomic E-state index is 12.3. The molecule has 0 aromatic heterocycles. The highest BCUT2D eigenvalue weighted by Gasteiger charge is 2.31. The third kappa shape index (κ3) is 3.79. The number of benzene rings is 1. The van der Waals surface area contributed by atoms with E-state index < -0.39 is 11.0 Å². The summed E-state index contributed by atoms with van der Waals surface area (Å²) in [4.78, 5) is 0. The van der Waals surface area contributed by atoms with Crippen LogP contribution in [0.5, 0.6) is 0 Å². The van der Waals surface area contributed by atoms with Crippen molar-refractivity contribution >= 4 is 11.0 Å². The van der Waals surface area contributed by atoms with Gasteiger partial charge in [-0.05, 0) is 39.7 Å². The van der Waals surface area contributed by atoms with Crippen LogP contribution in [0, 0.1) is 0 Å². The second-order valence-corrected chi connectivity index (χ2v) is 7.64. The van der Waals surface area contributed by atoms with Crippen LogP contribution in [-0.2, 0) is 16.5 Å². The Morgan fingerprint density at radius 3 is 2.22 bits per heavy atom. The summed E-state index contributed by atoms with van der Waals surface area (Å²) in [5.41, 5.74) is 0.781. The number of hydrogen-bond donors (Lipinski definition) is 1. The predicted molar refractivity (Wildman–Crippen MR) is 79.6 cm³/mol. The minimum Gasteiger partial charge on any atom is -0.242 e. The first-order valence-corrected chi connectivity index (χ1v) is 7.31. The quantitative estimate of drug-likeness (QED) is 0.811. The first-order chi connectivity index (χ1) is 8.29. The Kier molecular flexibility index (Phi) is 4.88. The monoisotopic (exact) mass is 265 g/mol. The Morgan fingerprint density at radius 2 is 1.78 bits per heavy atom. The van der Waals surface area contributed by atoms with E-state index in [1.165, 1.54) is 0 Å². The van der Waals surface area contributed by atoms with E-state index in [9.17, 15) is 4.21 Å². The molecule has 0 saturated carbocycles. The summed E-state index contributed by atoms with van der Waals surface area (Å²) in [5, 5.41) is 0. The molecule has 2 atom stereocenters. The van der Waals surface area contributed by atoms with Gasteiger partial charge in [0.1, 0.15) is 0 Å². The van der Waals surface area contributed by atoms with Crippen molar-refractivity contribution < 1.29 is 4.21 Å². The third-order valence-electron chi connectivity index (χ3n) is 2.84. The molecular weight excluding hydrogens is 242 g/mol. The summed E-state index contributed by atoms with van der Waals surface area (Å²) in [6.07, 6.45) is 2.60. The molecule has 1 unspecified atom stereocenters. The molecule has 1 N–H and O–H groups in total. The third-order valence-corrected chi connectivity index (χ3v) is 4.59. The molecule has 18 heavy (non-hydrogen) atoms. The van der Waals surface area contributed by atoms with Gasteiger partial charge in [-0.25, -0.2) is 8.93 Å². The van der Waals surface area contributed by atoms with Crippen molar-refractivity contribution in [3.05, 3.63) is 48.6 Å². The Balaban J connectivity index is 3.02. The first kappa shape index (κ1) is 15.1. The smallest absolute Gasteiger partial charge is 0.0978 e. The molecule has 0 amide bonds. The molecule has 0 heterocycles. The minimum atomic E-state index is -1.11.